The smallest absolute Gasteiger partial charge is 0.137 e. The van der Waals surface area contributed by atoms with Gasteiger partial charge >= 0.3 is 0 Å². The summed E-state index contributed by atoms with van der Waals surface area (Å²) in [5.41, 5.74) is 8.21. The molecule has 5 nitrogen and oxygen atoms in total. The second-order valence-electron chi connectivity index (χ2n) is 10.5. The zero-order valence-corrected chi connectivity index (χ0v) is 23.7. The molecular formula is C36H29FN4O. The molecule has 0 aliphatic rings. The molecule has 6 heteroatoms. The summed E-state index contributed by atoms with van der Waals surface area (Å²) >= 11 is 0. The van der Waals surface area contributed by atoms with Gasteiger partial charge in [0.25, 0.3) is 0 Å². The van der Waals surface area contributed by atoms with E-state index in [0.717, 1.165) is 62.2 Å². The molecule has 3 heterocycles. The van der Waals surface area contributed by atoms with Crippen LogP contribution in [0.25, 0.3) is 44.4 Å². The van der Waals surface area contributed by atoms with Crippen LogP contribution >= 0.6 is 0 Å². The van der Waals surface area contributed by atoms with Gasteiger partial charge in [0.2, 0.25) is 0 Å². The fourth-order valence-electron chi connectivity index (χ4n) is 5.82. The molecule has 42 heavy (non-hydrogen) atoms. The van der Waals surface area contributed by atoms with Crippen molar-refractivity contribution in [3.63, 3.8) is 0 Å². The van der Waals surface area contributed by atoms with E-state index in [4.69, 9.17) is 9.84 Å². The predicted octanol–water partition coefficient (Wildman–Crippen LogP) is 9.14. The SMILES string of the molecule is CCc1ccnc(-n2c3ccc(F)cc3c3ccc(Oc4cccc(-n5nc(C)c(-c6ccccc6)c5C)c4)cc32)c1. The van der Waals surface area contributed by atoms with Crippen molar-refractivity contribution in [1.82, 2.24) is 19.3 Å². The quantitative estimate of drug-likeness (QED) is 0.207. The van der Waals surface area contributed by atoms with Crippen LogP contribution in [0, 0.1) is 19.7 Å². The Hall–Kier alpha value is -5.23. The Morgan fingerprint density at radius 2 is 1.60 bits per heavy atom. The molecule has 0 aliphatic heterocycles. The summed E-state index contributed by atoms with van der Waals surface area (Å²) in [6.07, 6.45) is 2.72. The van der Waals surface area contributed by atoms with Gasteiger partial charge < -0.3 is 4.74 Å². The van der Waals surface area contributed by atoms with Gasteiger partial charge in [0, 0.05) is 40.4 Å². The molecule has 7 aromatic rings. The van der Waals surface area contributed by atoms with Gasteiger partial charge in [-0.1, -0.05) is 43.3 Å². The van der Waals surface area contributed by atoms with Crippen molar-refractivity contribution in [1.29, 1.82) is 0 Å². The van der Waals surface area contributed by atoms with E-state index in [1.165, 1.54) is 11.6 Å². The molecule has 0 saturated carbocycles. The van der Waals surface area contributed by atoms with E-state index in [1.54, 1.807) is 6.07 Å². The van der Waals surface area contributed by atoms with E-state index < -0.39 is 0 Å². The van der Waals surface area contributed by atoms with Crippen molar-refractivity contribution in [2.75, 3.05) is 0 Å². The number of nitrogens with zero attached hydrogens (tertiary/aromatic N) is 4. The van der Waals surface area contributed by atoms with Gasteiger partial charge in [0.1, 0.15) is 23.1 Å². The molecule has 0 amide bonds. The molecule has 7 rings (SSSR count). The number of hydrogen-bond donors (Lipinski definition) is 0. The molecule has 0 radical (unpaired) electrons. The van der Waals surface area contributed by atoms with Crippen molar-refractivity contribution in [3.05, 3.63) is 132 Å². The van der Waals surface area contributed by atoms with Crippen LogP contribution in [-0.2, 0) is 6.42 Å². The van der Waals surface area contributed by atoms with E-state index >= 15 is 0 Å². The molecule has 3 aromatic heterocycles. The Morgan fingerprint density at radius 3 is 2.43 bits per heavy atom. The van der Waals surface area contributed by atoms with Gasteiger partial charge in [-0.15, -0.1) is 0 Å². The lowest BCUT2D eigenvalue weighted by molar-refractivity contribution is 0.482. The number of benzene rings is 4. The standard InChI is InChI=1S/C36H29FN4O/c1-4-25-17-18-38-35(19-25)40-33-16-13-27(37)20-32(33)31-15-14-30(22-34(31)40)42-29-12-8-11-28(21-29)41-24(3)36(23(2)39-41)26-9-6-5-7-10-26/h5-22H,4H2,1-3H3. The number of aromatic nitrogens is 4. The maximum Gasteiger partial charge on any atom is 0.137 e. The van der Waals surface area contributed by atoms with Crippen LogP contribution < -0.4 is 4.74 Å². The number of ether oxygens (including phenoxy) is 1. The predicted molar refractivity (Wildman–Crippen MR) is 166 cm³/mol. The highest BCUT2D eigenvalue weighted by Crippen LogP contribution is 2.36. The van der Waals surface area contributed by atoms with Crippen LogP contribution in [0.4, 0.5) is 4.39 Å². The second-order valence-corrected chi connectivity index (χ2v) is 10.5. The summed E-state index contributed by atoms with van der Waals surface area (Å²) in [5, 5.41) is 6.63. The number of pyridine rings is 1. The van der Waals surface area contributed by atoms with Gasteiger partial charge in [-0.3, -0.25) is 4.57 Å². The van der Waals surface area contributed by atoms with Crippen molar-refractivity contribution in [2.45, 2.75) is 27.2 Å². The molecule has 0 saturated heterocycles. The fourth-order valence-corrected chi connectivity index (χ4v) is 5.82. The monoisotopic (exact) mass is 552 g/mol. The first-order valence-electron chi connectivity index (χ1n) is 14.1. The Kier molecular flexibility index (Phi) is 6.31. The maximum atomic E-state index is 14.3. The molecule has 0 N–H and O–H groups in total. The summed E-state index contributed by atoms with van der Waals surface area (Å²) in [6.45, 7) is 6.25. The lowest BCUT2D eigenvalue weighted by atomic mass is 10.0. The molecule has 0 spiro atoms. The topological polar surface area (TPSA) is 44.9 Å². The number of halogens is 1. The second kappa shape index (κ2) is 10.3. The van der Waals surface area contributed by atoms with Crippen LogP contribution in [0.3, 0.4) is 0 Å². The summed E-state index contributed by atoms with van der Waals surface area (Å²) in [7, 11) is 0. The third-order valence-corrected chi connectivity index (χ3v) is 7.80. The molecule has 0 unspecified atom stereocenters. The Balaban J connectivity index is 1.30. The number of fused-ring (bicyclic) bond motifs is 3. The molecule has 4 aromatic carbocycles. The minimum absolute atomic E-state index is 0.270. The van der Waals surface area contributed by atoms with Crippen molar-refractivity contribution in [2.24, 2.45) is 0 Å². The molecular weight excluding hydrogens is 523 g/mol. The first kappa shape index (κ1) is 25.7. The Bertz CT molecular complexity index is 2090. The van der Waals surface area contributed by atoms with Crippen LogP contribution in [0.1, 0.15) is 23.9 Å². The molecule has 0 atom stereocenters. The lowest BCUT2D eigenvalue weighted by Gasteiger charge is -2.11. The van der Waals surface area contributed by atoms with E-state index in [-0.39, 0.29) is 5.82 Å². The first-order chi connectivity index (χ1) is 20.5. The van der Waals surface area contributed by atoms with Gasteiger partial charge in [0.05, 0.1) is 22.4 Å². The van der Waals surface area contributed by atoms with Crippen LogP contribution in [0.15, 0.2) is 109 Å². The average Bonchev–Trinajstić information content (AvgIpc) is 3.49. The third-order valence-electron chi connectivity index (χ3n) is 7.80. The summed E-state index contributed by atoms with van der Waals surface area (Å²) in [6, 6.07) is 33.2. The molecule has 0 aliphatic carbocycles. The number of rotatable bonds is 6. The molecule has 206 valence electrons. The minimum atomic E-state index is -0.270. The van der Waals surface area contributed by atoms with Gasteiger partial charge in [-0.25, -0.2) is 14.1 Å². The number of hydrogen-bond acceptors (Lipinski definition) is 3. The van der Waals surface area contributed by atoms with Crippen molar-refractivity contribution in [3.8, 4) is 34.1 Å². The van der Waals surface area contributed by atoms with Gasteiger partial charge in [0.15, 0.2) is 0 Å². The van der Waals surface area contributed by atoms with Crippen LogP contribution in [0.2, 0.25) is 0 Å². The Morgan fingerprint density at radius 1 is 0.762 bits per heavy atom. The molecule has 0 bridgehead atoms. The van der Waals surface area contributed by atoms with E-state index in [2.05, 4.69) is 41.6 Å². The van der Waals surface area contributed by atoms with E-state index in [0.29, 0.717) is 11.5 Å². The van der Waals surface area contributed by atoms with Gasteiger partial charge in [-0.2, -0.15) is 5.10 Å². The largest absolute Gasteiger partial charge is 0.457 e. The lowest BCUT2D eigenvalue weighted by Crippen LogP contribution is -2.00. The van der Waals surface area contributed by atoms with E-state index in [1.807, 2.05) is 90.6 Å². The highest BCUT2D eigenvalue weighted by molar-refractivity contribution is 6.09. The first-order valence-corrected chi connectivity index (χ1v) is 14.1. The highest BCUT2D eigenvalue weighted by atomic mass is 19.1. The highest BCUT2D eigenvalue weighted by Gasteiger charge is 2.17. The third kappa shape index (κ3) is 4.41. The van der Waals surface area contributed by atoms with Crippen molar-refractivity contribution >= 4 is 21.8 Å². The fraction of sp³-hybridized carbons (Fsp3) is 0.111. The van der Waals surface area contributed by atoms with E-state index in [9.17, 15) is 4.39 Å². The zero-order chi connectivity index (χ0) is 28.8. The maximum absolute atomic E-state index is 14.3. The summed E-state index contributed by atoms with van der Waals surface area (Å²) in [5.74, 6) is 1.89. The average molecular weight is 553 g/mol. The summed E-state index contributed by atoms with van der Waals surface area (Å²) < 4.78 is 24.8. The van der Waals surface area contributed by atoms with Crippen molar-refractivity contribution < 1.29 is 9.13 Å². The summed E-state index contributed by atoms with van der Waals surface area (Å²) in [4.78, 5) is 4.67. The van der Waals surface area contributed by atoms with Gasteiger partial charge in [-0.05, 0) is 86.0 Å². The molecule has 0 fully saturated rings. The zero-order valence-electron chi connectivity index (χ0n) is 23.7. The normalized spacial score (nSPS) is 11.4. The van der Waals surface area contributed by atoms with Crippen LogP contribution in [0.5, 0.6) is 11.5 Å². The van der Waals surface area contributed by atoms with Crippen LogP contribution in [-0.4, -0.2) is 19.3 Å². The number of aryl methyl sites for hydroxylation is 2. The Labute approximate surface area is 243 Å². The minimum Gasteiger partial charge on any atom is -0.457 e.